The van der Waals surface area contributed by atoms with Gasteiger partial charge in [0.25, 0.3) is 5.91 Å². The van der Waals surface area contributed by atoms with Gasteiger partial charge >= 0.3 is 6.18 Å². The van der Waals surface area contributed by atoms with Crippen molar-refractivity contribution in [2.45, 2.75) is 45.7 Å². The second-order valence-electron chi connectivity index (χ2n) is 7.32. The maximum atomic E-state index is 12.9. The van der Waals surface area contributed by atoms with Crippen molar-refractivity contribution in [2.75, 3.05) is 27.4 Å². The van der Waals surface area contributed by atoms with Crippen molar-refractivity contribution in [1.29, 1.82) is 0 Å². The number of ether oxygens (including phenoxy) is 1. The Labute approximate surface area is 189 Å². The van der Waals surface area contributed by atoms with Crippen LogP contribution in [0.2, 0.25) is 0 Å². The Bertz CT molecular complexity index is 887. The Morgan fingerprint density at radius 2 is 1.97 bits per heavy atom. The van der Waals surface area contributed by atoms with Gasteiger partial charge in [-0.15, -0.1) is 0 Å². The molecule has 0 bridgehead atoms. The molecule has 1 atom stereocenters. The van der Waals surface area contributed by atoms with Crippen LogP contribution >= 0.6 is 0 Å². The van der Waals surface area contributed by atoms with Crippen molar-refractivity contribution in [2.24, 2.45) is 5.92 Å². The summed E-state index contributed by atoms with van der Waals surface area (Å²) in [7, 11) is 3.25. The van der Waals surface area contributed by atoms with Gasteiger partial charge in [-0.25, -0.2) is 0 Å². The maximum Gasteiger partial charge on any atom is 0.392 e. The summed E-state index contributed by atoms with van der Waals surface area (Å²) in [5, 5.41) is 11.2. The average molecular weight is 457 g/mol. The molecule has 1 aliphatic carbocycles. The zero-order valence-electron chi connectivity index (χ0n) is 19.1. The minimum Gasteiger partial charge on any atom is -0.397 e. The highest BCUT2D eigenvalue weighted by molar-refractivity contribution is 5.99. The molecule has 1 aromatic heterocycles. The van der Waals surface area contributed by atoms with Crippen molar-refractivity contribution in [1.82, 2.24) is 10.3 Å². The number of rotatable bonds is 4. The van der Waals surface area contributed by atoms with E-state index in [1.54, 1.807) is 33.3 Å². The summed E-state index contributed by atoms with van der Waals surface area (Å²) in [6.45, 7) is 4.51. The lowest BCUT2D eigenvalue weighted by molar-refractivity contribution is -0.175. The molecular weight excluding hydrogens is 421 g/mol. The Morgan fingerprint density at radius 1 is 1.31 bits per heavy atom. The summed E-state index contributed by atoms with van der Waals surface area (Å²) in [5.74, 6) is -1.43. The van der Waals surface area contributed by atoms with E-state index in [0.29, 0.717) is 18.5 Å². The van der Waals surface area contributed by atoms with Crippen LogP contribution in [0.4, 0.5) is 13.2 Å². The number of methoxy groups -OCH3 is 1. The van der Waals surface area contributed by atoms with E-state index in [0.717, 1.165) is 28.5 Å². The molecular formula is C24H35F3N2O3. The van der Waals surface area contributed by atoms with E-state index in [-0.39, 0.29) is 26.8 Å². The van der Waals surface area contributed by atoms with Gasteiger partial charge in [-0.05, 0) is 44.2 Å². The quantitative estimate of drug-likeness (QED) is 0.626. The van der Waals surface area contributed by atoms with E-state index >= 15 is 0 Å². The fraction of sp³-hybridized carbons (Fsp3) is 0.500. The molecule has 1 aliphatic rings. The summed E-state index contributed by atoms with van der Waals surface area (Å²) >= 11 is 0. The number of aliphatic hydroxyl groups excluding tert-OH is 1. The number of nitrogens with one attached hydrogen (secondary N) is 1. The number of hydrogen-bond donors (Lipinski definition) is 2. The van der Waals surface area contributed by atoms with E-state index < -0.39 is 12.1 Å². The Balaban J connectivity index is 0.00000132. The molecule has 0 spiro atoms. The minimum atomic E-state index is -4.14. The highest BCUT2D eigenvalue weighted by Crippen LogP contribution is 2.40. The van der Waals surface area contributed by atoms with Crippen molar-refractivity contribution in [3.05, 3.63) is 47.7 Å². The average Bonchev–Trinajstić information content (AvgIpc) is 2.77. The molecule has 1 unspecified atom stereocenters. The van der Waals surface area contributed by atoms with Crippen LogP contribution in [0.3, 0.4) is 0 Å². The second kappa shape index (κ2) is 13.9. The fourth-order valence-electron chi connectivity index (χ4n) is 3.26. The summed E-state index contributed by atoms with van der Waals surface area (Å²) in [4.78, 5) is 16.5. The summed E-state index contributed by atoms with van der Waals surface area (Å²) in [5.41, 5.74) is 2.95. The Kier molecular flexibility index (Phi) is 11.9. The van der Waals surface area contributed by atoms with Crippen LogP contribution in [0.5, 0.6) is 0 Å². The van der Waals surface area contributed by atoms with Crippen LogP contribution < -0.4 is 5.32 Å². The first-order chi connectivity index (χ1) is 15.2. The number of benzene rings is 1. The SMILES string of the molecule is CCCNC(=O)c1cnc2c(C3=CCC(C(F)(F)F)CC3)cccc2c1.CCO.COC.[HH]. The number of nitrogens with zero attached hydrogens (tertiary/aromatic N) is 1. The van der Waals surface area contributed by atoms with Gasteiger partial charge in [-0.1, -0.05) is 31.2 Å². The molecule has 180 valence electrons. The molecule has 2 N–H and O–H groups in total. The molecule has 1 aromatic carbocycles. The molecule has 1 amide bonds. The molecule has 3 rings (SSSR count). The summed E-state index contributed by atoms with van der Waals surface area (Å²) in [6.07, 6.45) is 0.405. The highest BCUT2D eigenvalue weighted by Gasteiger charge is 2.39. The molecule has 8 heteroatoms. The zero-order chi connectivity index (χ0) is 24.1. The van der Waals surface area contributed by atoms with Gasteiger partial charge in [0.15, 0.2) is 0 Å². The topological polar surface area (TPSA) is 71.5 Å². The maximum absolute atomic E-state index is 12.9. The number of aliphatic hydroxyl groups is 1. The van der Waals surface area contributed by atoms with Crippen LogP contribution in [0.25, 0.3) is 16.5 Å². The highest BCUT2D eigenvalue weighted by atomic mass is 19.4. The number of alkyl halides is 3. The molecule has 5 nitrogen and oxygen atoms in total. The van der Waals surface area contributed by atoms with Crippen molar-refractivity contribution < 1.29 is 29.2 Å². The van der Waals surface area contributed by atoms with E-state index in [1.807, 2.05) is 25.1 Å². The van der Waals surface area contributed by atoms with E-state index in [9.17, 15) is 18.0 Å². The first-order valence-corrected chi connectivity index (χ1v) is 10.7. The molecule has 2 aromatic rings. The lowest BCUT2D eigenvalue weighted by atomic mass is 9.85. The van der Waals surface area contributed by atoms with Crippen LogP contribution in [-0.2, 0) is 4.74 Å². The number of amides is 1. The van der Waals surface area contributed by atoms with Gasteiger partial charge < -0.3 is 15.2 Å². The first-order valence-electron chi connectivity index (χ1n) is 10.7. The Hall–Kier alpha value is -2.45. The zero-order valence-corrected chi connectivity index (χ0v) is 19.1. The van der Waals surface area contributed by atoms with Gasteiger partial charge in [0.1, 0.15) is 0 Å². The molecule has 0 radical (unpaired) electrons. The number of hydrogen-bond acceptors (Lipinski definition) is 4. The summed E-state index contributed by atoms with van der Waals surface area (Å²) in [6, 6.07) is 7.37. The van der Waals surface area contributed by atoms with Gasteiger partial charge in [0.2, 0.25) is 0 Å². The number of pyridine rings is 1. The number of carbonyl (C=O) groups excluding carboxylic acids is 1. The number of halogens is 3. The number of allylic oxidation sites excluding steroid dienone is 2. The second-order valence-corrected chi connectivity index (χ2v) is 7.32. The third-order valence-electron chi connectivity index (χ3n) is 4.73. The monoisotopic (exact) mass is 456 g/mol. The molecule has 0 saturated heterocycles. The van der Waals surface area contributed by atoms with Gasteiger partial charge in [0, 0.05) is 45.9 Å². The number of fused-ring (bicyclic) bond motifs is 1. The lowest BCUT2D eigenvalue weighted by Gasteiger charge is -2.24. The molecule has 32 heavy (non-hydrogen) atoms. The third-order valence-corrected chi connectivity index (χ3v) is 4.73. The number of para-hydroxylation sites is 1. The predicted octanol–water partition coefficient (Wildman–Crippen LogP) is 5.63. The number of carbonyl (C=O) groups is 1. The van der Waals surface area contributed by atoms with Gasteiger partial charge in [-0.3, -0.25) is 9.78 Å². The standard InChI is InChI=1S/C20H21F3N2O.2C2H6O.H2/c1-2-10-24-19(26)15-11-14-4-3-5-17(18(14)25-12-15)13-6-8-16(9-7-13)20(21,22)23;1-3-2;1-2-3;/h3-6,11-12,16H,2,7-10H2,1H3,(H,24,26);1-2H3;3H,2H2,1H3;1H. The fourth-order valence-corrected chi connectivity index (χ4v) is 3.26. The summed E-state index contributed by atoms with van der Waals surface area (Å²) < 4.78 is 42.8. The number of aromatic nitrogens is 1. The molecule has 0 saturated carbocycles. The van der Waals surface area contributed by atoms with E-state index in [2.05, 4.69) is 15.0 Å². The van der Waals surface area contributed by atoms with Crippen molar-refractivity contribution in [3.63, 3.8) is 0 Å². The van der Waals surface area contributed by atoms with Crippen LogP contribution in [-0.4, -0.2) is 49.5 Å². The van der Waals surface area contributed by atoms with Gasteiger partial charge in [0.05, 0.1) is 17.0 Å². The smallest absolute Gasteiger partial charge is 0.392 e. The lowest BCUT2D eigenvalue weighted by Crippen LogP contribution is -2.24. The third kappa shape index (κ3) is 8.24. The minimum absolute atomic E-state index is 0. The normalized spacial score (nSPS) is 15.6. The Morgan fingerprint density at radius 3 is 2.50 bits per heavy atom. The molecule has 0 fully saturated rings. The van der Waals surface area contributed by atoms with Crippen molar-refractivity contribution in [3.8, 4) is 0 Å². The largest absolute Gasteiger partial charge is 0.397 e. The molecule has 0 aliphatic heterocycles. The van der Waals surface area contributed by atoms with Crippen LogP contribution in [0.1, 0.15) is 56.9 Å². The van der Waals surface area contributed by atoms with Crippen LogP contribution in [0.15, 0.2) is 36.5 Å². The van der Waals surface area contributed by atoms with E-state index in [1.165, 1.54) is 6.20 Å². The van der Waals surface area contributed by atoms with E-state index in [4.69, 9.17) is 5.11 Å². The van der Waals surface area contributed by atoms with Crippen molar-refractivity contribution >= 4 is 22.4 Å². The first kappa shape index (κ1) is 27.6. The van der Waals surface area contributed by atoms with Crippen LogP contribution in [0, 0.1) is 5.92 Å². The van der Waals surface area contributed by atoms with Gasteiger partial charge in [-0.2, -0.15) is 13.2 Å². The predicted molar refractivity (Wildman–Crippen MR) is 124 cm³/mol. The molecule has 1 heterocycles.